The summed E-state index contributed by atoms with van der Waals surface area (Å²) < 4.78 is 0.866. The van der Waals surface area contributed by atoms with Gasteiger partial charge in [-0.05, 0) is 39.8 Å². The number of hydrazone groups is 1. The number of hydrogen-bond donors (Lipinski definition) is 2. The van der Waals surface area contributed by atoms with E-state index in [9.17, 15) is 0 Å². The molecule has 0 aliphatic heterocycles. The molecule has 0 saturated carbocycles. The summed E-state index contributed by atoms with van der Waals surface area (Å²) in [6.07, 6.45) is 3.62. The second kappa shape index (κ2) is 7.14. The Labute approximate surface area is 109 Å². The van der Waals surface area contributed by atoms with Gasteiger partial charge >= 0.3 is 0 Å². The molecule has 0 fully saturated rings. The number of nitrogens with one attached hydrogen (secondary N) is 2. The third kappa shape index (κ3) is 5.04. The Balaban J connectivity index is 2.55. The van der Waals surface area contributed by atoms with E-state index in [2.05, 4.69) is 31.8 Å². The molecule has 3 nitrogen and oxygen atoms in total. The SMILES string of the molecule is CNC(=S)N/N=C\C(Br)=Cc1ccccc1. The maximum atomic E-state index is 4.87. The molecular weight excluding hydrogens is 286 g/mol. The highest BCUT2D eigenvalue weighted by Gasteiger charge is 1.89. The predicted octanol–water partition coefficient (Wildman–Crippen LogP) is 2.50. The largest absolute Gasteiger partial charge is 0.364 e. The van der Waals surface area contributed by atoms with Crippen LogP contribution in [0, 0.1) is 0 Å². The minimum atomic E-state index is 0.483. The molecule has 2 N–H and O–H groups in total. The van der Waals surface area contributed by atoms with Crippen molar-refractivity contribution in [3.05, 3.63) is 40.4 Å². The van der Waals surface area contributed by atoms with Crippen molar-refractivity contribution in [1.29, 1.82) is 0 Å². The van der Waals surface area contributed by atoms with Crippen molar-refractivity contribution < 1.29 is 0 Å². The van der Waals surface area contributed by atoms with E-state index >= 15 is 0 Å². The highest BCUT2D eigenvalue weighted by atomic mass is 79.9. The molecule has 0 amide bonds. The van der Waals surface area contributed by atoms with Crippen LogP contribution in [0.1, 0.15) is 5.56 Å². The van der Waals surface area contributed by atoms with Gasteiger partial charge in [0.2, 0.25) is 0 Å². The molecule has 5 heteroatoms. The molecule has 0 spiro atoms. The van der Waals surface area contributed by atoms with Gasteiger partial charge in [-0.25, -0.2) is 0 Å². The molecule has 1 rings (SSSR count). The van der Waals surface area contributed by atoms with Crippen LogP contribution >= 0.6 is 28.1 Å². The fourth-order valence-electron chi connectivity index (χ4n) is 0.954. The van der Waals surface area contributed by atoms with E-state index in [-0.39, 0.29) is 0 Å². The van der Waals surface area contributed by atoms with Crippen LogP contribution in [-0.2, 0) is 0 Å². The van der Waals surface area contributed by atoms with Crippen LogP contribution in [0.3, 0.4) is 0 Å². The average molecular weight is 298 g/mol. The minimum absolute atomic E-state index is 0.483. The molecule has 0 aliphatic rings. The number of rotatable bonds is 3. The molecule has 16 heavy (non-hydrogen) atoms. The molecule has 0 atom stereocenters. The number of nitrogens with zero attached hydrogens (tertiary/aromatic N) is 1. The van der Waals surface area contributed by atoms with Crippen molar-refractivity contribution in [1.82, 2.24) is 10.7 Å². The first kappa shape index (κ1) is 12.9. The summed E-state index contributed by atoms with van der Waals surface area (Å²) in [5.74, 6) is 0. The van der Waals surface area contributed by atoms with Crippen molar-refractivity contribution in [2.45, 2.75) is 0 Å². The first-order valence-electron chi connectivity index (χ1n) is 4.65. The van der Waals surface area contributed by atoms with Crippen LogP contribution in [-0.4, -0.2) is 18.4 Å². The second-order valence-electron chi connectivity index (χ2n) is 2.89. The van der Waals surface area contributed by atoms with Crippen LogP contribution in [0.15, 0.2) is 39.9 Å². The Morgan fingerprint density at radius 1 is 1.38 bits per heavy atom. The standard InChI is InChI=1S/C11H12BrN3S/c1-13-11(16)15-14-8-10(12)7-9-5-3-2-4-6-9/h2-8H,1H3,(H2,13,15,16)/b10-7?,14-8-. The van der Waals surface area contributed by atoms with Crippen molar-refractivity contribution in [3.63, 3.8) is 0 Å². The lowest BCUT2D eigenvalue weighted by atomic mass is 10.2. The topological polar surface area (TPSA) is 36.4 Å². The van der Waals surface area contributed by atoms with Gasteiger partial charge in [-0.2, -0.15) is 5.10 Å². The van der Waals surface area contributed by atoms with Gasteiger partial charge in [-0.15, -0.1) is 0 Å². The molecule has 0 aliphatic carbocycles. The monoisotopic (exact) mass is 297 g/mol. The molecule has 84 valence electrons. The molecule has 0 aromatic heterocycles. The van der Waals surface area contributed by atoms with Crippen molar-refractivity contribution >= 4 is 45.6 Å². The Kier molecular flexibility index (Phi) is 5.74. The number of halogens is 1. The quantitative estimate of drug-likeness (QED) is 0.511. The molecular formula is C11H12BrN3S. The third-order valence-corrected chi connectivity index (χ3v) is 2.41. The van der Waals surface area contributed by atoms with Crippen molar-refractivity contribution in [2.24, 2.45) is 5.10 Å². The first-order chi connectivity index (χ1) is 7.72. The van der Waals surface area contributed by atoms with Crippen molar-refractivity contribution in [2.75, 3.05) is 7.05 Å². The van der Waals surface area contributed by atoms with Gasteiger partial charge in [0.15, 0.2) is 5.11 Å². The number of hydrogen-bond acceptors (Lipinski definition) is 2. The smallest absolute Gasteiger partial charge is 0.186 e. The summed E-state index contributed by atoms with van der Waals surface area (Å²) in [5, 5.41) is 7.19. The summed E-state index contributed by atoms with van der Waals surface area (Å²) in [6.45, 7) is 0. The van der Waals surface area contributed by atoms with Crippen molar-refractivity contribution in [3.8, 4) is 0 Å². The fraction of sp³-hybridized carbons (Fsp3) is 0.0909. The lowest BCUT2D eigenvalue weighted by molar-refractivity contribution is 0.983. The van der Waals surface area contributed by atoms with E-state index in [0.717, 1.165) is 10.0 Å². The van der Waals surface area contributed by atoms with Crippen LogP contribution in [0.4, 0.5) is 0 Å². The summed E-state index contributed by atoms with van der Waals surface area (Å²) in [7, 11) is 1.74. The van der Waals surface area contributed by atoms with Crippen LogP contribution < -0.4 is 10.7 Å². The van der Waals surface area contributed by atoms with E-state index in [1.54, 1.807) is 13.3 Å². The van der Waals surface area contributed by atoms with Gasteiger partial charge < -0.3 is 5.32 Å². The Bertz CT molecular complexity index is 401. The summed E-state index contributed by atoms with van der Waals surface area (Å²) in [5.41, 5.74) is 3.78. The van der Waals surface area contributed by atoms with E-state index in [0.29, 0.717) is 5.11 Å². The number of allylic oxidation sites excluding steroid dienone is 1. The normalized spacial score (nSPS) is 11.5. The minimum Gasteiger partial charge on any atom is -0.364 e. The van der Waals surface area contributed by atoms with Crippen LogP contribution in [0.2, 0.25) is 0 Å². The molecule has 0 bridgehead atoms. The highest BCUT2D eigenvalue weighted by Crippen LogP contribution is 2.09. The molecule has 1 aromatic rings. The predicted molar refractivity (Wildman–Crippen MR) is 76.6 cm³/mol. The van der Waals surface area contributed by atoms with Gasteiger partial charge in [0.05, 0.1) is 6.21 Å². The van der Waals surface area contributed by atoms with Gasteiger partial charge in [0, 0.05) is 11.5 Å². The average Bonchev–Trinajstić information content (AvgIpc) is 2.30. The Morgan fingerprint density at radius 2 is 2.06 bits per heavy atom. The van der Waals surface area contributed by atoms with Gasteiger partial charge in [0.25, 0.3) is 0 Å². The fourth-order valence-corrected chi connectivity index (χ4v) is 1.37. The van der Waals surface area contributed by atoms with E-state index in [1.165, 1.54) is 0 Å². The van der Waals surface area contributed by atoms with Gasteiger partial charge in [-0.3, -0.25) is 5.43 Å². The summed E-state index contributed by atoms with van der Waals surface area (Å²) in [4.78, 5) is 0. The highest BCUT2D eigenvalue weighted by molar-refractivity contribution is 9.12. The lowest BCUT2D eigenvalue weighted by Crippen LogP contribution is -2.28. The van der Waals surface area contributed by atoms with Gasteiger partial charge in [0.1, 0.15) is 0 Å². The zero-order chi connectivity index (χ0) is 11.8. The number of benzene rings is 1. The van der Waals surface area contributed by atoms with E-state index in [4.69, 9.17) is 12.2 Å². The number of thiocarbonyl (C=S) groups is 1. The molecule has 0 radical (unpaired) electrons. The maximum Gasteiger partial charge on any atom is 0.186 e. The summed E-state index contributed by atoms with van der Waals surface area (Å²) >= 11 is 8.26. The van der Waals surface area contributed by atoms with E-state index < -0.39 is 0 Å². The molecule has 0 unspecified atom stereocenters. The van der Waals surface area contributed by atoms with Crippen LogP contribution in [0.5, 0.6) is 0 Å². The molecule has 0 saturated heterocycles. The zero-order valence-electron chi connectivity index (χ0n) is 8.77. The molecule has 0 heterocycles. The third-order valence-electron chi connectivity index (χ3n) is 1.69. The first-order valence-corrected chi connectivity index (χ1v) is 5.85. The molecule has 1 aromatic carbocycles. The van der Waals surface area contributed by atoms with E-state index in [1.807, 2.05) is 36.4 Å². The lowest BCUT2D eigenvalue weighted by Gasteiger charge is -1.99. The summed E-state index contributed by atoms with van der Waals surface area (Å²) in [6, 6.07) is 9.98. The maximum absolute atomic E-state index is 4.87. The Morgan fingerprint density at radius 3 is 2.69 bits per heavy atom. The van der Waals surface area contributed by atoms with Gasteiger partial charge in [-0.1, -0.05) is 30.3 Å². The Hall–Kier alpha value is -1.20. The zero-order valence-corrected chi connectivity index (χ0v) is 11.2. The second-order valence-corrected chi connectivity index (χ2v) is 4.21. The van der Waals surface area contributed by atoms with Crippen LogP contribution in [0.25, 0.3) is 6.08 Å².